The van der Waals surface area contributed by atoms with Gasteiger partial charge in [0.2, 0.25) is 5.91 Å². The molecular formula is C17H22N2O2. The lowest BCUT2D eigenvalue weighted by atomic mass is 10.1. The summed E-state index contributed by atoms with van der Waals surface area (Å²) in [5.74, 6) is -0.0685. The molecule has 4 nitrogen and oxygen atoms in total. The monoisotopic (exact) mass is 286 g/mol. The van der Waals surface area contributed by atoms with Gasteiger partial charge in [0, 0.05) is 11.7 Å². The van der Waals surface area contributed by atoms with Gasteiger partial charge < -0.3 is 5.32 Å². The lowest BCUT2D eigenvalue weighted by molar-refractivity contribution is -0.141. The Kier molecular flexibility index (Phi) is 3.95. The van der Waals surface area contributed by atoms with Crippen LogP contribution >= 0.6 is 0 Å². The Morgan fingerprint density at radius 2 is 1.81 bits per heavy atom. The first-order valence-corrected chi connectivity index (χ1v) is 7.90. The van der Waals surface area contributed by atoms with E-state index in [9.17, 15) is 9.59 Å². The average Bonchev–Trinajstić information content (AvgIpc) is 3.09. The number of carbonyl (C=O) groups excluding carboxylic acids is 2. The lowest BCUT2D eigenvalue weighted by Crippen LogP contribution is -2.40. The van der Waals surface area contributed by atoms with Crippen LogP contribution in [0.3, 0.4) is 0 Å². The van der Waals surface area contributed by atoms with Crippen LogP contribution in [0.25, 0.3) is 0 Å². The highest BCUT2D eigenvalue weighted by molar-refractivity contribution is 6.07. The highest BCUT2D eigenvalue weighted by Gasteiger charge is 2.42. The summed E-state index contributed by atoms with van der Waals surface area (Å²) in [6.07, 6.45) is 5.46. The summed E-state index contributed by atoms with van der Waals surface area (Å²) in [6.45, 7) is 2.11. The predicted octanol–water partition coefficient (Wildman–Crippen LogP) is 2.73. The molecule has 0 spiro atoms. The van der Waals surface area contributed by atoms with E-state index in [4.69, 9.17) is 0 Å². The number of carbonyl (C=O) groups is 2. The summed E-state index contributed by atoms with van der Waals surface area (Å²) in [5, 5.41) is 3.21. The number of rotatable bonds is 4. The summed E-state index contributed by atoms with van der Waals surface area (Å²) in [4.78, 5) is 26.1. The molecule has 1 aliphatic carbocycles. The Labute approximate surface area is 125 Å². The fraction of sp³-hybridized carbons (Fsp3) is 0.529. The van der Waals surface area contributed by atoms with Crippen molar-refractivity contribution in [1.29, 1.82) is 0 Å². The van der Waals surface area contributed by atoms with Crippen LogP contribution < -0.4 is 5.32 Å². The number of hydrogen-bond acceptors (Lipinski definition) is 3. The molecule has 2 aliphatic rings. The van der Waals surface area contributed by atoms with E-state index < -0.39 is 6.04 Å². The van der Waals surface area contributed by atoms with E-state index in [2.05, 4.69) is 24.4 Å². The molecule has 1 saturated carbocycles. The molecule has 21 heavy (non-hydrogen) atoms. The number of amides is 2. The van der Waals surface area contributed by atoms with Crippen LogP contribution in [0.5, 0.6) is 0 Å². The summed E-state index contributed by atoms with van der Waals surface area (Å²) in [7, 11) is 0. The zero-order chi connectivity index (χ0) is 14.8. The average molecular weight is 286 g/mol. The maximum Gasteiger partial charge on any atom is 0.252 e. The van der Waals surface area contributed by atoms with Crippen molar-refractivity contribution >= 4 is 17.5 Å². The van der Waals surface area contributed by atoms with E-state index in [1.807, 2.05) is 12.1 Å². The molecule has 4 heteroatoms. The Morgan fingerprint density at radius 3 is 2.43 bits per heavy atom. The molecule has 1 aromatic rings. The van der Waals surface area contributed by atoms with Crippen LogP contribution in [0.2, 0.25) is 0 Å². The predicted molar refractivity (Wildman–Crippen MR) is 82.0 cm³/mol. The summed E-state index contributed by atoms with van der Waals surface area (Å²) >= 11 is 0. The molecule has 2 fully saturated rings. The van der Waals surface area contributed by atoms with Gasteiger partial charge in [-0.25, -0.2) is 0 Å². The van der Waals surface area contributed by atoms with Crippen LogP contribution in [0, 0.1) is 0 Å². The highest BCUT2D eigenvalue weighted by Crippen LogP contribution is 2.29. The van der Waals surface area contributed by atoms with Gasteiger partial charge in [-0.05, 0) is 37.0 Å². The molecule has 1 atom stereocenters. The van der Waals surface area contributed by atoms with Gasteiger partial charge in [-0.3, -0.25) is 14.5 Å². The van der Waals surface area contributed by atoms with Crippen molar-refractivity contribution in [2.24, 2.45) is 0 Å². The third-order valence-electron chi connectivity index (χ3n) is 4.58. The van der Waals surface area contributed by atoms with Gasteiger partial charge in [-0.15, -0.1) is 0 Å². The number of anilines is 1. The van der Waals surface area contributed by atoms with Gasteiger partial charge in [-0.1, -0.05) is 31.9 Å². The Bertz CT molecular complexity index is 532. The van der Waals surface area contributed by atoms with Crippen LogP contribution in [0.1, 0.15) is 44.6 Å². The smallest absolute Gasteiger partial charge is 0.252 e. The lowest BCUT2D eigenvalue weighted by Gasteiger charge is -2.22. The van der Waals surface area contributed by atoms with Gasteiger partial charge in [0.1, 0.15) is 6.04 Å². The van der Waals surface area contributed by atoms with Gasteiger partial charge in [-0.2, -0.15) is 0 Å². The number of likely N-dealkylation sites (tertiary alicyclic amines) is 1. The minimum Gasteiger partial charge on any atom is -0.373 e. The first kappa shape index (κ1) is 14.1. The second-order valence-corrected chi connectivity index (χ2v) is 5.99. The van der Waals surface area contributed by atoms with Gasteiger partial charge >= 0.3 is 0 Å². The molecule has 0 radical (unpaired) electrons. The number of benzene rings is 1. The van der Waals surface area contributed by atoms with Crippen LogP contribution in [0.4, 0.5) is 5.69 Å². The normalized spacial score (nSPS) is 23.1. The van der Waals surface area contributed by atoms with Gasteiger partial charge in [0.05, 0.1) is 6.42 Å². The summed E-state index contributed by atoms with van der Waals surface area (Å²) in [5.41, 5.74) is 2.17. The maximum absolute atomic E-state index is 12.5. The SMILES string of the molecule is CCc1ccc(N[C@H]2CC(=O)N(C3CCCC3)C2=O)cc1. The van der Waals surface area contributed by atoms with Crippen molar-refractivity contribution in [3.8, 4) is 0 Å². The van der Waals surface area contributed by atoms with Gasteiger partial charge in [0.25, 0.3) is 5.91 Å². The van der Waals surface area contributed by atoms with Crippen molar-refractivity contribution in [2.45, 2.75) is 57.5 Å². The quantitative estimate of drug-likeness (QED) is 0.866. The second kappa shape index (κ2) is 5.88. The van der Waals surface area contributed by atoms with Crippen molar-refractivity contribution in [3.63, 3.8) is 0 Å². The second-order valence-electron chi connectivity index (χ2n) is 5.99. The number of nitrogens with zero attached hydrogens (tertiary/aromatic N) is 1. The molecule has 0 unspecified atom stereocenters. The fourth-order valence-corrected chi connectivity index (χ4v) is 3.35. The number of nitrogens with one attached hydrogen (secondary N) is 1. The molecule has 112 valence electrons. The number of aryl methyl sites for hydroxylation is 1. The molecule has 1 aliphatic heterocycles. The largest absolute Gasteiger partial charge is 0.373 e. The van der Waals surface area contributed by atoms with E-state index in [1.54, 1.807) is 0 Å². The first-order chi connectivity index (χ1) is 10.2. The van der Waals surface area contributed by atoms with E-state index in [-0.39, 0.29) is 24.3 Å². The van der Waals surface area contributed by atoms with Crippen LogP contribution in [-0.2, 0) is 16.0 Å². The van der Waals surface area contributed by atoms with Crippen LogP contribution in [0.15, 0.2) is 24.3 Å². The molecule has 1 saturated heterocycles. The minimum atomic E-state index is -0.398. The molecule has 1 heterocycles. The maximum atomic E-state index is 12.5. The van der Waals surface area contributed by atoms with Crippen molar-refractivity contribution in [3.05, 3.63) is 29.8 Å². The minimum absolute atomic E-state index is 0.0189. The van der Waals surface area contributed by atoms with Crippen LogP contribution in [-0.4, -0.2) is 28.8 Å². The fourth-order valence-electron chi connectivity index (χ4n) is 3.35. The van der Waals surface area contributed by atoms with E-state index in [0.29, 0.717) is 0 Å². The molecule has 0 bridgehead atoms. The third-order valence-corrected chi connectivity index (χ3v) is 4.58. The summed E-state index contributed by atoms with van der Waals surface area (Å²) < 4.78 is 0. The van der Waals surface area contributed by atoms with Gasteiger partial charge in [0.15, 0.2) is 0 Å². The molecule has 1 aromatic carbocycles. The highest BCUT2D eigenvalue weighted by atomic mass is 16.2. The standard InChI is InChI=1S/C17H22N2O2/c1-2-12-7-9-13(10-8-12)18-15-11-16(20)19(17(15)21)14-5-3-4-6-14/h7-10,14-15,18H,2-6,11H2,1H3/t15-/m0/s1. The van der Waals surface area contributed by atoms with E-state index >= 15 is 0 Å². The molecule has 2 amide bonds. The zero-order valence-electron chi connectivity index (χ0n) is 12.5. The van der Waals surface area contributed by atoms with E-state index in [1.165, 1.54) is 10.5 Å². The Hall–Kier alpha value is -1.84. The Balaban J connectivity index is 1.68. The number of imide groups is 1. The zero-order valence-corrected chi connectivity index (χ0v) is 12.5. The first-order valence-electron chi connectivity index (χ1n) is 7.90. The van der Waals surface area contributed by atoms with Crippen molar-refractivity contribution in [2.75, 3.05) is 5.32 Å². The molecule has 1 N–H and O–H groups in total. The number of hydrogen-bond donors (Lipinski definition) is 1. The summed E-state index contributed by atoms with van der Waals surface area (Å²) in [6, 6.07) is 7.81. The topological polar surface area (TPSA) is 49.4 Å². The van der Waals surface area contributed by atoms with Crippen molar-refractivity contribution in [1.82, 2.24) is 4.90 Å². The van der Waals surface area contributed by atoms with E-state index in [0.717, 1.165) is 37.8 Å². The van der Waals surface area contributed by atoms with Crippen molar-refractivity contribution < 1.29 is 9.59 Å². The third kappa shape index (κ3) is 2.80. The molecule has 3 rings (SSSR count). The molecule has 0 aromatic heterocycles. The molecular weight excluding hydrogens is 264 g/mol. The Morgan fingerprint density at radius 1 is 1.14 bits per heavy atom.